The van der Waals surface area contributed by atoms with Gasteiger partial charge in [-0.2, -0.15) is 0 Å². The highest BCUT2D eigenvalue weighted by atomic mass is 35.5. The van der Waals surface area contributed by atoms with Crippen LogP contribution in [0, 0.1) is 0 Å². The lowest BCUT2D eigenvalue weighted by atomic mass is 10.1. The second-order valence-electron chi connectivity index (χ2n) is 5.77. The minimum absolute atomic E-state index is 0.270. The Kier molecular flexibility index (Phi) is 5.27. The standard InChI is InChI=1S/C15H24ClN3O/c1-17-8-11-4-5-15(14(16)6-11)19-10-13(20)7-12(19)9-18(2)3/h4-6,12-13,17,20H,7-10H2,1-3H3. The molecule has 0 spiro atoms. The summed E-state index contributed by atoms with van der Waals surface area (Å²) < 4.78 is 0. The fourth-order valence-corrected chi connectivity index (χ4v) is 3.19. The Morgan fingerprint density at radius 3 is 2.80 bits per heavy atom. The summed E-state index contributed by atoms with van der Waals surface area (Å²) in [6, 6.07) is 6.47. The number of halogens is 1. The van der Waals surface area contributed by atoms with E-state index in [0.29, 0.717) is 12.6 Å². The van der Waals surface area contributed by atoms with E-state index in [9.17, 15) is 5.11 Å². The fourth-order valence-electron chi connectivity index (χ4n) is 2.88. The second-order valence-corrected chi connectivity index (χ2v) is 6.18. The topological polar surface area (TPSA) is 38.7 Å². The zero-order chi connectivity index (χ0) is 14.7. The molecule has 20 heavy (non-hydrogen) atoms. The van der Waals surface area contributed by atoms with E-state index >= 15 is 0 Å². The summed E-state index contributed by atoms with van der Waals surface area (Å²) in [6.45, 7) is 2.39. The van der Waals surface area contributed by atoms with Gasteiger partial charge in [-0.1, -0.05) is 17.7 Å². The number of nitrogens with one attached hydrogen (secondary N) is 1. The van der Waals surface area contributed by atoms with E-state index in [2.05, 4.69) is 41.3 Å². The van der Waals surface area contributed by atoms with Crippen molar-refractivity contribution in [2.24, 2.45) is 0 Å². The number of hydrogen-bond acceptors (Lipinski definition) is 4. The van der Waals surface area contributed by atoms with Gasteiger partial charge in [-0.15, -0.1) is 0 Å². The van der Waals surface area contributed by atoms with Crippen LogP contribution in [-0.2, 0) is 6.54 Å². The molecular formula is C15H24ClN3O. The molecule has 0 bridgehead atoms. The molecule has 1 fully saturated rings. The highest BCUT2D eigenvalue weighted by molar-refractivity contribution is 6.33. The molecule has 2 rings (SSSR count). The molecule has 1 aromatic rings. The van der Waals surface area contributed by atoms with Crippen molar-refractivity contribution < 1.29 is 5.11 Å². The number of nitrogens with zero attached hydrogens (tertiary/aromatic N) is 2. The molecule has 2 N–H and O–H groups in total. The Morgan fingerprint density at radius 1 is 1.45 bits per heavy atom. The molecular weight excluding hydrogens is 274 g/mol. The lowest BCUT2D eigenvalue weighted by molar-refractivity contribution is 0.191. The molecule has 2 atom stereocenters. The van der Waals surface area contributed by atoms with Crippen molar-refractivity contribution in [3.05, 3.63) is 28.8 Å². The predicted octanol–water partition coefficient (Wildman–Crippen LogP) is 1.56. The minimum Gasteiger partial charge on any atom is -0.391 e. The molecule has 1 aliphatic heterocycles. The van der Waals surface area contributed by atoms with E-state index in [1.54, 1.807) is 0 Å². The molecule has 5 heteroatoms. The number of aliphatic hydroxyl groups excluding tert-OH is 1. The molecule has 4 nitrogen and oxygen atoms in total. The highest BCUT2D eigenvalue weighted by Crippen LogP contribution is 2.33. The Hall–Kier alpha value is -0.810. The van der Waals surface area contributed by atoms with Gasteiger partial charge in [0, 0.05) is 25.7 Å². The van der Waals surface area contributed by atoms with Gasteiger partial charge >= 0.3 is 0 Å². The zero-order valence-corrected chi connectivity index (χ0v) is 13.2. The molecule has 1 saturated heterocycles. The van der Waals surface area contributed by atoms with Gasteiger partial charge in [0.25, 0.3) is 0 Å². The summed E-state index contributed by atoms with van der Waals surface area (Å²) in [6.07, 6.45) is 0.528. The molecule has 1 aliphatic rings. The van der Waals surface area contributed by atoms with Gasteiger partial charge in [0.15, 0.2) is 0 Å². The van der Waals surface area contributed by atoms with Gasteiger partial charge in [0.1, 0.15) is 0 Å². The van der Waals surface area contributed by atoms with E-state index in [4.69, 9.17) is 11.6 Å². The molecule has 1 aromatic carbocycles. The molecule has 0 saturated carbocycles. The van der Waals surface area contributed by atoms with E-state index < -0.39 is 0 Å². The summed E-state index contributed by atoms with van der Waals surface area (Å²) in [5, 5.41) is 13.8. The number of likely N-dealkylation sites (N-methyl/N-ethyl adjacent to an activating group) is 1. The Morgan fingerprint density at radius 2 is 2.20 bits per heavy atom. The van der Waals surface area contributed by atoms with Crippen molar-refractivity contribution in [2.75, 3.05) is 39.1 Å². The van der Waals surface area contributed by atoms with Gasteiger partial charge in [-0.05, 0) is 45.3 Å². The molecule has 0 amide bonds. The van der Waals surface area contributed by atoms with Crippen molar-refractivity contribution in [3.8, 4) is 0 Å². The van der Waals surface area contributed by atoms with Crippen LogP contribution in [0.5, 0.6) is 0 Å². The van der Waals surface area contributed by atoms with Crippen LogP contribution in [-0.4, -0.2) is 56.4 Å². The fraction of sp³-hybridized carbons (Fsp3) is 0.600. The summed E-state index contributed by atoms with van der Waals surface area (Å²) in [7, 11) is 6.03. The van der Waals surface area contributed by atoms with E-state index in [1.807, 2.05) is 13.1 Å². The van der Waals surface area contributed by atoms with Crippen molar-refractivity contribution >= 4 is 17.3 Å². The minimum atomic E-state index is -0.270. The maximum atomic E-state index is 9.96. The second kappa shape index (κ2) is 6.76. The average Bonchev–Trinajstić information content (AvgIpc) is 2.69. The average molecular weight is 298 g/mol. The Labute approximate surface area is 126 Å². The predicted molar refractivity (Wildman–Crippen MR) is 84.5 cm³/mol. The number of anilines is 1. The van der Waals surface area contributed by atoms with Crippen molar-refractivity contribution in [2.45, 2.75) is 25.1 Å². The van der Waals surface area contributed by atoms with Crippen LogP contribution < -0.4 is 10.2 Å². The number of benzene rings is 1. The third kappa shape index (κ3) is 3.64. The van der Waals surface area contributed by atoms with Crippen molar-refractivity contribution in [3.63, 3.8) is 0 Å². The smallest absolute Gasteiger partial charge is 0.0735 e. The quantitative estimate of drug-likeness (QED) is 0.865. The molecule has 0 aliphatic carbocycles. The van der Waals surface area contributed by atoms with Gasteiger partial charge in [0.2, 0.25) is 0 Å². The molecule has 0 radical (unpaired) electrons. The van der Waals surface area contributed by atoms with E-state index in [0.717, 1.165) is 30.2 Å². The molecule has 112 valence electrons. The largest absolute Gasteiger partial charge is 0.391 e. The third-order valence-corrected chi connectivity index (χ3v) is 3.97. The van der Waals surface area contributed by atoms with Crippen LogP contribution in [0.2, 0.25) is 5.02 Å². The number of aliphatic hydroxyl groups is 1. The lowest BCUT2D eigenvalue weighted by Crippen LogP contribution is -2.37. The first-order valence-corrected chi connectivity index (χ1v) is 7.41. The first-order valence-electron chi connectivity index (χ1n) is 7.03. The highest BCUT2D eigenvalue weighted by Gasteiger charge is 2.32. The normalized spacial score (nSPS) is 22.8. The molecule has 2 unspecified atom stereocenters. The van der Waals surface area contributed by atoms with Crippen molar-refractivity contribution in [1.82, 2.24) is 10.2 Å². The van der Waals surface area contributed by atoms with Gasteiger partial charge in [0.05, 0.1) is 16.8 Å². The van der Waals surface area contributed by atoms with Crippen LogP contribution in [0.25, 0.3) is 0 Å². The SMILES string of the molecule is CNCc1ccc(N2CC(O)CC2CN(C)C)c(Cl)c1. The van der Waals surface area contributed by atoms with Crippen LogP contribution in [0.4, 0.5) is 5.69 Å². The van der Waals surface area contributed by atoms with Gasteiger partial charge in [-0.3, -0.25) is 0 Å². The van der Waals surface area contributed by atoms with Gasteiger partial charge < -0.3 is 20.2 Å². The third-order valence-electron chi connectivity index (χ3n) is 3.67. The first kappa shape index (κ1) is 15.6. The van der Waals surface area contributed by atoms with Crippen LogP contribution in [0.15, 0.2) is 18.2 Å². The van der Waals surface area contributed by atoms with E-state index in [1.165, 1.54) is 5.56 Å². The maximum Gasteiger partial charge on any atom is 0.0735 e. The number of rotatable bonds is 5. The lowest BCUT2D eigenvalue weighted by Gasteiger charge is -2.29. The van der Waals surface area contributed by atoms with Crippen LogP contribution in [0.1, 0.15) is 12.0 Å². The maximum absolute atomic E-state index is 9.96. The van der Waals surface area contributed by atoms with Crippen LogP contribution >= 0.6 is 11.6 Å². The molecule has 1 heterocycles. The summed E-state index contributed by atoms with van der Waals surface area (Å²) in [5.74, 6) is 0. The zero-order valence-electron chi connectivity index (χ0n) is 12.4. The van der Waals surface area contributed by atoms with Crippen LogP contribution in [0.3, 0.4) is 0 Å². The van der Waals surface area contributed by atoms with Gasteiger partial charge in [-0.25, -0.2) is 0 Å². The summed E-state index contributed by atoms with van der Waals surface area (Å²) >= 11 is 6.43. The van der Waals surface area contributed by atoms with Crippen molar-refractivity contribution in [1.29, 1.82) is 0 Å². The first-order chi connectivity index (χ1) is 9.51. The number of β-amino-alcohol motifs (C(OH)–C–C–N with tert-alkyl or cyclic N) is 1. The summed E-state index contributed by atoms with van der Waals surface area (Å²) in [4.78, 5) is 4.38. The molecule has 0 aromatic heterocycles. The number of hydrogen-bond donors (Lipinski definition) is 2. The van der Waals surface area contributed by atoms with E-state index in [-0.39, 0.29) is 6.10 Å². The summed E-state index contributed by atoms with van der Waals surface area (Å²) in [5.41, 5.74) is 2.19. The monoisotopic (exact) mass is 297 g/mol. The Bertz CT molecular complexity index is 453. The Balaban J connectivity index is 2.20.